The third-order valence-electron chi connectivity index (χ3n) is 4.30. The fraction of sp³-hybridized carbons (Fsp3) is 0.300. The quantitative estimate of drug-likeness (QED) is 0.613. The van der Waals surface area contributed by atoms with Crippen molar-refractivity contribution in [1.29, 1.82) is 0 Å². The molecule has 0 spiro atoms. The predicted octanol–water partition coefficient (Wildman–Crippen LogP) is 3.57. The predicted molar refractivity (Wildman–Crippen MR) is 107 cm³/mol. The Hall–Kier alpha value is -3.43. The van der Waals surface area contributed by atoms with E-state index in [1.54, 1.807) is 6.07 Å². The Morgan fingerprint density at radius 3 is 2.47 bits per heavy atom. The first-order valence-electron chi connectivity index (χ1n) is 9.14. The average Bonchev–Trinajstić information content (AvgIpc) is 3.07. The summed E-state index contributed by atoms with van der Waals surface area (Å²) in [6, 6.07) is 7.10. The fourth-order valence-electron chi connectivity index (χ4n) is 2.95. The molecule has 0 aliphatic heterocycles. The summed E-state index contributed by atoms with van der Waals surface area (Å²) in [7, 11) is 1.49. The lowest BCUT2D eigenvalue weighted by atomic mass is 10.1. The molecule has 0 fully saturated rings. The van der Waals surface area contributed by atoms with E-state index in [4.69, 9.17) is 0 Å². The zero-order valence-electron chi connectivity index (χ0n) is 16.7. The number of carbonyl (C=O) groups excluding carboxylic acids is 1. The zero-order valence-corrected chi connectivity index (χ0v) is 16.7. The number of rotatable bonds is 7. The molecule has 1 aromatic carbocycles. The summed E-state index contributed by atoms with van der Waals surface area (Å²) < 4.78 is 39.4. The van der Waals surface area contributed by atoms with Crippen LogP contribution in [0.1, 0.15) is 21.6 Å². The molecule has 3 rings (SSSR count). The molecule has 0 radical (unpaired) electrons. The molecule has 158 valence electrons. The molecule has 0 saturated carbocycles. The lowest BCUT2D eigenvalue weighted by molar-refractivity contribution is 0.0674. The number of anilines is 2. The molecule has 2 aromatic heterocycles. The monoisotopic (exact) mass is 418 g/mol. The maximum atomic E-state index is 12.7. The van der Waals surface area contributed by atoms with E-state index in [1.807, 2.05) is 37.4 Å². The number of carbonyl (C=O) groups is 1. The van der Waals surface area contributed by atoms with Gasteiger partial charge in [-0.05, 0) is 49.2 Å². The van der Waals surface area contributed by atoms with Crippen LogP contribution in [0.5, 0.6) is 0 Å². The van der Waals surface area contributed by atoms with Gasteiger partial charge in [0.25, 0.3) is 12.3 Å². The van der Waals surface area contributed by atoms with Gasteiger partial charge in [0.2, 0.25) is 5.95 Å². The van der Waals surface area contributed by atoms with Gasteiger partial charge < -0.3 is 10.6 Å². The second-order valence-electron chi connectivity index (χ2n) is 6.87. The summed E-state index contributed by atoms with van der Waals surface area (Å²) in [5.41, 5.74) is 3.79. The number of benzene rings is 1. The van der Waals surface area contributed by atoms with Crippen LogP contribution in [-0.4, -0.2) is 44.8 Å². The van der Waals surface area contributed by atoms with Crippen LogP contribution in [0.15, 0.2) is 36.5 Å². The van der Waals surface area contributed by atoms with Crippen molar-refractivity contribution >= 4 is 17.5 Å². The van der Waals surface area contributed by atoms with Crippen molar-refractivity contribution < 1.29 is 18.0 Å². The van der Waals surface area contributed by atoms with Gasteiger partial charge in [-0.2, -0.15) is 5.10 Å². The van der Waals surface area contributed by atoms with E-state index in [-0.39, 0.29) is 5.69 Å². The Bertz CT molecular complexity index is 1030. The van der Waals surface area contributed by atoms with Gasteiger partial charge in [0, 0.05) is 18.9 Å². The Morgan fingerprint density at radius 1 is 1.13 bits per heavy atom. The van der Waals surface area contributed by atoms with Gasteiger partial charge in [0.1, 0.15) is 24.1 Å². The van der Waals surface area contributed by atoms with E-state index >= 15 is 0 Å². The van der Waals surface area contributed by atoms with E-state index in [0.717, 1.165) is 16.8 Å². The highest BCUT2D eigenvalue weighted by Crippen LogP contribution is 2.21. The molecule has 0 aliphatic rings. The summed E-state index contributed by atoms with van der Waals surface area (Å²) in [4.78, 5) is 20.8. The number of amides is 1. The van der Waals surface area contributed by atoms with Gasteiger partial charge in [-0.1, -0.05) is 6.07 Å². The van der Waals surface area contributed by atoms with Crippen molar-refractivity contribution in [2.45, 2.75) is 26.3 Å². The summed E-state index contributed by atoms with van der Waals surface area (Å²) in [5, 5.41) is 9.31. The minimum Gasteiger partial charge on any atom is -0.340 e. The zero-order chi connectivity index (χ0) is 21.8. The van der Waals surface area contributed by atoms with E-state index in [2.05, 4.69) is 20.4 Å². The van der Waals surface area contributed by atoms with Crippen LogP contribution in [0, 0.1) is 13.8 Å². The Morgan fingerprint density at radius 2 is 1.83 bits per heavy atom. The van der Waals surface area contributed by atoms with Gasteiger partial charge in [-0.15, -0.1) is 0 Å². The number of nitrogens with one attached hydrogen (secondary N) is 2. The Kier molecular flexibility index (Phi) is 6.34. The molecule has 0 unspecified atom stereocenters. The molecular formula is C20H21F3N6O. The molecule has 0 saturated heterocycles. The number of hydrogen-bond acceptors (Lipinski definition) is 5. The van der Waals surface area contributed by atoms with Crippen LogP contribution >= 0.6 is 0 Å². The molecular weight excluding hydrogens is 397 g/mol. The number of aromatic nitrogens is 4. The normalized spacial score (nSPS) is 12.1. The SMILES string of the molecule is Cc1cc(C)cc(Nc2nccc(-c3cc(C(=O)N[C@@H](CF)C(F)F)n(C)n3)n2)c1. The second-order valence-corrected chi connectivity index (χ2v) is 6.87. The van der Waals surface area contributed by atoms with E-state index in [9.17, 15) is 18.0 Å². The van der Waals surface area contributed by atoms with Crippen LogP contribution < -0.4 is 10.6 Å². The van der Waals surface area contributed by atoms with Crippen LogP contribution in [0.2, 0.25) is 0 Å². The van der Waals surface area contributed by atoms with E-state index in [1.165, 1.54) is 24.0 Å². The van der Waals surface area contributed by atoms with E-state index in [0.29, 0.717) is 17.3 Å². The largest absolute Gasteiger partial charge is 0.340 e. The third-order valence-corrected chi connectivity index (χ3v) is 4.30. The third kappa shape index (κ3) is 4.94. The fourth-order valence-corrected chi connectivity index (χ4v) is 2.95. The lowest BCUT2D eigenvalue weighted by Gasteiger charge is -2.13. The van der Waals surface area contributed by atoms with Crippen molar-refractivity contribution in [3.63, 3.8) is 0 Å². The molecule has 7 nitrogen and oxygen atoms in total. The number of nitrogens with zero attached hydrogens (tertiary/aromatic N) is 4. The van der Waals surface area contributed by atoms with Crippen molar-refractivity contribution in [2.75, 3.05) is 12.0 Å². The van der Waals surface area contributed by atoms with Crippen LogP contribution in [0.25, 0.3) is 11.4 Å². The standard InChI is InChI=1S/C20H21F3N6O/c1-11-6-12(2)8-13(7-11)25-20-24-5-4-14(27-20)15-9-17(29(3)28-15)19(30)26-16(10-21)18(22)23/h4-9,16,18H,10H2,1-3H3,(H,26,30)(H,24,25,27)/t16-/m0/s1. The van der Waals surface area contributed by atoms with Gasteiger partial charge in [-0.25, -0.2) is 23.1 Å². The average molecular weight is 418 g/mol. The molecule has 0 aliphatic carbocycles. The van der Waals surface area contributed by atoms with Gasteiger partial charge in [0.15, 0.2) is 0 Å². The summed E-state index contributed by atoms with van der Waals surface area (Å²) in [6.07, 6.45) is -1.47. The Labute approximate surface area is 171 Å². The van der Waals surface area contributed by atoms with E-state index < -0.39 is 25.0 Å². The summed E-state index contributed by atoms with van der Waals surface area (Å²) >= 11 is 0. The van der Waals surface area contributed by atoms with Crippen molar-refractivity contribution in [3.8, 4) is 11.4 Å². The summed E-state index contributed by atoms with van der Waals surface area (Å²) in [6.45, 7) is 2.60. The smallest absolute Gasteiger partial charge is 0.270 e. The van der Waals surface area contributed by atoms with Crippen molar-refractivity contribution in [3.05, 3.63) is 53.3 Å². The Balaban J connectivity index is 1.82. The molecule has 0 bridgehead atoms. The highest BCUT2D eigenvalue weighted by Gasteiger charge is 2.25. The topological polar surface area (TPSA) is 84.7 Å². The minimum atomic E-state index is -3.01. The molecule has 1 amide bonds. The first-order chi connectivity index (χ1) is 14.3. The van der Waals surface area contributed by atoms with Crippen molar-refractivity contribution in [2.24, 2.45) is 7.05 Å². The molecule has 3 aromatic rings. The van der Waals surface area contributed by atoms with Crippen LogP contribution in [0.4, 0.5) is 24.8 Å². The number of hydrogen-bond donors (Lipinski definition) is 2. The molecule has 30 heavy (non-hydrogen) atoms. The van der Waals surface area contributed by atoms with Crippen molar-refractivity contribution in [1.82, 2.24) is 25.1 Å². The molecule has 1 atom stereocenters. The summed E-state index contributed by atoms with van der Waals surface area (Å²) in [5.74, 6) is -0.508. The maximum Gasteiger partial charge on any atom is 0.270 e. The van der Waals surface area contributed by atoms with Crippen LogP contribution in [0.3, 0.4) is 0 Å². The highest BCUT2D eigenvalue weighted by molar-refractivity contribution is 5.93. The molecule has 10 heteroatoms. The molecule has 2 heterocycles. The van der Waals surface area contributed by atoms with Crippen LogP contribution in [-0.2, 0) is 7.05 Å². The van der Waals surface area contributed by atoms with Gasteiger partial charge >= 0.3 is 0 Å². The molecule has 2 N–H and O–H groups in total. The highest BCUT2D eigenvalue weighted by atomic mass is 19.3. The van der Waals surface area contributed by atoms with Gasteiger partial charge in [0.05, 0.1) is 5.69 Å². The van der Waals surface area contributed by atoms with Gasteiger partial charge in [-0.3, -0.25) is 9.48 Å². The lowest BCUT2D eigenvalue weighted by Crippen LogP contribution is -2.42. The first kappa shape index (κ1) is 21.3. The second kappa shape index (κ2) is 8.93. The number of alkyl halides is 3. The number of halogens is 3. The maximum absolute atomic E-state index is 12.7. The number of aryl methyl sites for hydroxylation is 3. The minimum absolute atomic E-state index is 0.00605. The first-order valence-corrected chi connectivity index (χ1v) is 9.14.